The lowest BCUT2D eigenvalue weighted by Crippen LogP contribution is -2.46. The highest BCUT2D eigenvalue weighted by molar-refractivity contribution is 4.99. The summed E-state index contributed by atoms with van der Waals surface area (Å²) >= 11 is 0. The SMILES string of the molecule is O[C@@H]1CC[C@@H]2C[C@@H](O)[C@H]1N2. The minimum atomic E-state index is -0.325. The number of nitrogens with one attached hydrogen (secondary N) is 1. The zero-order valence-electron chi connectivity index (χ0n) is 5.83. The number of hydrogen-bond acceptors (Lipinski definition) is 3. The largest absolute Gasteiger partial charge is 0.391 e. The van der Waals surface area contributed by atoms with E-state index in [1.54, 1.807) is 0 Å². The molecule has 0 spiro atoms. The van der Waals surface area contributed by atoms with Crippen molar-refractivity contribution in [1.82, 2.24) is 5.32 Å². The van der Waals surface area contributed by atoms with Crippen molar-refractivity contribution in [3.8, 4) is 0 Å². The molecule has 3 heteroatoms. The number of rotatable bonds is 0. The molecule has 0 radical (unpaired) electrons. The van der Waals surface area contributed by atoms with Crippen LogP contribution < -0.4 is 5.32 Å². The number of fused-ring (bicyclic) bond motifs is 2. The third-order valence-electron chi connectivity index (χ3n) is 2.59. The number of aliphatic hydroxyl groups excluding tert-OH is 2. The molecule has 2 fully saturated rings. The predicted octanol–water partition coefficient (Wildman–Crippen LogP) is -0.768. The second kappa shape index (κ2) is 2.19. The Morgan fingerprint density at radius 1 is 1.10 bits per heavy atom. The van der Waals surface area contributed by atoms with E-state index in [2.05, 4.69) is 5.32 Å². The van der Waals surface area contributed by atoms with E-state index < -0.39 is 0 Å². The molecule has 0 aromatic carbocycles. The zero-order valence-corrected chi connectivity index (χ0v) is 5.83. The van der Waals surface area contributed by atoms with Gasteiger partial charge in [-0.05, 0) is 19.3 Å². The van der Waals surface area contributed by atoms with Gasteiger partial charge in [-0.2, -0.15) is 0 Å². The molecule has 2 rings (SSSR count). The fourth-order valence-electron chi connectivity index (χ4n) is 2.01. The molecule has 2 aliphatic rings. The number of aliphatic hydroxyl groups is 2. The van der Waals surface area contributed by atoms with Gasteiger partial charge in [-0.3, -0.25) is 0 Å². The molecule has 0 amide bonds. The highest BCUT2D eigenvalue weighted by atomic mass is 16.3. The van der Waals surface area contributed by atoms with Gasteiger partial charge in [0.25, 0.3) is 0 Å². The van der Waals surface area contributed by atoms with E-state index >= 15 is 0 Å². The number of piperidine rings is 1. The van der Waals surface area contributed by atoms with E-state index in [0.29, 0.717) is 6.04 Å². The maximum absolute atomic E-state index is 9.35. The summed E-state index contributed by atoms with van der Waals surface area (Å²) in [5, 5.41) is 21.9. The van der Waals surface area contributed by atoms with Crippen molar-refractivity contribution in [3.63, 3.8) is 0 Å². The van der Waals surface area contributed by atoms with Crippen molar-refractivity contribution in [3.05, 3.63) is 0 Å². The normalized spacial score (nSPS) is 53.4. The van der Waals surface area contributed by atoms with Gasteiger partial charge >= 0.3 is 0 Å². The second-order valence-electron chi connectivity index (χ2n) is 3.34. The van der Waals surface area contributed by atoms with E-state index in [1.165, 1.54) is 0 Å². The van der Waals surface area contributed by atoms with E-state index in [0.717, 1.165) is 19.3 Å². The fraction of sp³-hybridized carbons (Fsp3) is 1.00. The van der Waals surface area contributed by atoms with Gasteiger partial charge in [-0.1, -0.05) is 0 Å². The minimum Gasteiger partial charge on any atom is -0.391 e. The Labute approximate surface area is 60.1 Å². The van der Waals surface area contributed by atoms with E-state index in [4.69, 9.17) is 0 Å². The van der Waals surface area contributed by atoms with Crippen LogP contribution in [0.2, 0.25) is 0 Å². The molecule has 3 nitrogen and oxygen atoms in total. The predicted molar refractivity (Wildman–Crippen MR) is 36.6 cm³/mol. The average molecular weight is 143 g/mol. The van der Waals surface area contributed by atoms with Crippen LogP contribution in [0.4, 0.5) is 0 Å². The van der Waals surface area contributed by atoms with Crippen molar-refractivity contribution in [2.75, 3.05) is 0 Å². The molecular formula is C7H13NO2. The smallest absolute Gasteiger partial charge is 0.0733 e. The Morgan fingerprint density at radius 3 is 2.60 bits per heavy atom. The quantitative estimate of drug-likeness (QED) is 0.417. The Kier molecular flexibility index (Phi) is 1.44. The molecule has 0 unspecified atom stereocenters. The lowest BCUT2D eigenvalue weighted by Gasteiger charge is -2.26. The Bertz CT molecular complexity index is 136. The van der Waals surface area contributed by atoms with Crippen LogP contribution >= 0.6 is 0 Å². The first-order valence-corrected chi connectivity index (χ1v) is 3.89. The summed E-state index contributed by atoms with van der Waals surface area (Å²) < 4.78 is 0. The van der Waals surface area contributed by atoms with Gasteiger partial charge in [0.05, 0.1) is 18.2 Å². The summed E-state index contributed by atoms with van der Waals surface area (Å²) in [6, 6.07) is 0.419. The van der Waals surface area contributed by atoms with Crippen molar-refractivity contribution in [1.29, 1.82) is 0 Å². The van der Waals surface area contributed by atoms with Gasteiger partial charge in [0.1, 0.15) is 0 Å². The first-order valence-electron chi connectivity index (χ1n) is 3.89. The summed E-state index contributed by atoms with van der Waals surface area (Å²) in [5.74, 6) is 0. The Hall–Kier alpha value is -0.120. The molecule has 0 aliphatic carbocycles. The highest BCUT2D eigenvalue weighted by Gasteiger charge is 2.40. The lowest BCUT2D eigenvalue weighted by molar-refractivity contribution is 0.0524. The highest BCUT2D eigenvalue weighted by Crippen LogP contribution is 2.26. The average Bonchev–Trinajstić information content (AvgIpc) is 2.21. The van der Waals surface area contributed by atoms with Crippen LogP contribution in [-0.4, -0.2) is 34.5 Å². The zero-order chi connectivity index (χ0) is 7.14. The Morgan fingerprint density at radius 2 is 1.90 bits per heavy atom. The molecule has 2 bridgehead atoms. The third kappa shape index (κ3) is 0.856. The topological polar surface area (TPSA) is 52.5 Å². The van der Waals surface area contributed by atoms with Crippen LogP contribution in [0.5, 0.6) is 0 Å². The second-order valence-corrected chi connectivity index (χ2v) is 3.34. The maximum Gasteiger partial charge on any atom is 0.0733 e. The molecular weight excluding hydrogens is 130 g/mol. The van der Waals surface area contributed by atoms with Crippen molar-refractivity contribution in [2.45, 2.75) is 43.6 Å². The molecule has 0 aromatic heterocycles. The van der Waals surface area contributed by atoms with E-state index in [9.17, 15) is 10.2 Å². The first kappa shape index (κ1) is 6.58. The summed E-state index contributed by atoms with van der Waals surface area (Å²) in [7, 11) is 0. The molecule has 10 heavy (non-hydrogen) atoms. The molecule has 2 saturated heterocycles. The molecule has 0 aromatic rings. The number of hydrogen-bond donors (Lipinski definition) is 3. The Balaban J connectivity index is 2.10. The van der Waals surface area contributed by atoms with Crippen molar-refractivity contribution in [2.24, 2.45) is 0 Å². The summed E-state index contributed by atoms with van der Waals surface area (Å²) in [4.78, 5) is 0. The third-order valence-corrected chi connectivity index (χ3v) is 2.59. The monoisotopic (exact) mass is 143 g/mol. The van der Waals surface area contributed by atoms with Crippen LogP contribution in [0.25, 0.3) is 0 Å². The van der Waals surface area contributed by atoms with Crippen LogP contribution in [0, 0.1) is 0 Å². The minimum absolute atomic E-state index is 0.0428. The van der Waals surface area contributed by atoms with Gasteiger partial charge in [-0.15, -0.1) is 0 Å². The van der Waals surface area contributed by atoms with E-state index in [1.807, 2.05) is 0 Å². The summed E-state index contributed by atoms with van der Waals surface area (Å²) in [6.07, 6.45) is 2.03. The van der Waals surface area contributed by atoms with Crippen molar-refractivity contribution < 1.29 is 10.2 Å². The van der Waals surface area contributed by atoms with Gasteiger partial charge in [-0.25, -0.2) is 0 Å². The van der Waals surface area contributed by atoms with Gasteiger partial charge < -0.3 is 15.5 Å². The van der Waals surface area contributed by atoms with Gasteiger partial charge in [0.15, 0.2) is 0 Å². The van der Waals surface area contributed by atoms with Crippen molar-refractivity contribution >= 4 is 0 Å². The van der Waals surface area contributed by atoms with Gasteiger partial charge in [0.2, 0.25) is 0 Å². The van der Waals surface area contributed by atoms with Crippen LogP contribution in [0.1, 0.15) is 19.3 Å². The summed E-state index contributed by atoms with van der Waals surface area (Å²) in [5.41, 5.74) is 0. The lowest BCUT2D eigenvalue weighted by atomic mass is 10.0. The van der Waals surface area contributed by atoms with Gasteiger partial charge in [0, 0.05) is 6.04 Å². The van der Waals surface area contributed by atoms with Crippen LogP contribution in [0.15, 0.2) is 0 Å². The molecule has 2 aliphatic heterocycles. The van der Waals surface area contributed by atoms with Crippen LogP contribution in [0.3, 0.4) is 0 Å². The molecule has 2 heterocycles. The molecule has 4 atom stereocenters. The molecule has 58 valence electrons. The summed E-state index contributed by atoms with van der Waals surface area (Å²) in [6.45, 7) is 0. The fourth-order valence-corrected chi connectivity index (χ4v) is 2.01. The van der Waals surface area contributed by atoms with E-state index in [-0.39, 0.29) is 18.2 Å². The molecule has 3 N–H and O–H groups in total. The first-order chi connectivity index (χ1) is 4.77. The maximum atomic E-state index is 9.35. The standard InChI is InChI=1S/C7H13NO2/c9-5-2-1-4-3-6(10)7(5)8-4/h4-10H,1-3H2/t4-,5-,6-,7+/m1/s1. The molecule has 0 saturated carbocycles. The van der Waals surface area contributed by atoms with Crippen LogP contribution in [-0.2, 0) is 0 Å².